The number of carbonyl (C=O) groups is 1. The summed E-state index contributed by atoms with van der Waals surface area (Å²) in [6.07, 6.45) is 3.16. The number of para-hydroxylation sites is 1. The second-order valence-corrected chi connectivity index (χ2v) is 8.23. The molecular weight excluding hydrogens is 394 g/mol. The van der Waals surface area contributed by atoms with Crippen LogP contribution < -0.4 is 5.32 Å². The van der Waals surface area contributed by atoms with Crippen LogP contribution in [0.5, 0.6) is 0 Å². The van der Waals surface area contributed by atoms with E-state index in [1.54, 1.807) is 35.5 Å². The molecule has 0 atom stereocenters. The molecule has 0 saturated heterocycles. The standard InChI is InChI=1S/C23H19N5OS/c1-14-4-3-5-17-21(14)27-22(26-17)20-11-10-19(30-20)15-6-8-16(9-7-15)25-23(29)18-12-24-13-28(18)2/h3-13H,1-2H3,(H,25,29)(H,26,27). The van der Waals surface area contributed by atoms with Gasteiger partial charge in [-0.3, -0.25) is 4.79 Å². The van der Waals surface area contributed by atoms with Crippen LogP contribution in [0.15, 0.2) is 67.1 Å². The average molecular weight is 414 g/mol. The van der Waals surface area contributed by atoms with Crippen molar-refractivity contribution in [2.24, 2.45) is 7.05 Å². The van der Waals surface area contributed by atoms with E-state index in [1.807, 2.05) is 36.4 Å². The number of thiophene rings is 1. The number of aromatic nitrogens is 4. The number of nitrogens with zero attached hydrogens (tertiary/aromatic N) is 3. The smallest absolute Gasteiger partial charge is 0.273 e. The third-order valence-corrected chi connectivity index (χ3v) is 6.17. The number of carbonyl (C=O) groups excluding carboxylic acids is 1. The summed E-state index contributed by atoms with van der Waals surface area (Å²) in [5.41, 5.74) is 5.58. The highest BCUT2D eigenvalue weighted by Crippen LogP contribution is 2.34. The molecule has 0 aliphatic rings. The quantitative estimate of drug-likeness (QED) is 0.422. The van der Waals surface area contributed by atoms with Gasteiger partial charge in [-0.1, -0.05) is 24.3 Å². The van der Waals surface area contributed by atoms with Gasteiger partial charge in [-0.2, -0.15) is 0 Å². The van der Waals surface area contributed by atoms with Crippen molar-refractivity contribution >= 4 is 34.0 Å². The van der Waals surface area contributed by atoms with Crippen molar-refractivity contribution in [2.45, 2.75) is 6.92 Å². The van der Waals surface area contributed by atoms with E-state index in [-0.39, 0.29) is 5.91 Å². The van der Waals surface area contributed by atoms with Gasteiger partial charge in [0.1, 0.15) is 11.5 Å². The summed E-state index contributed by atoms with van der Waals surface area (Å²) >= 11 is 1.69. The molecular formula is C23H19N5OS. The average Bonchev–Trinajstić information content (AvgIpc) is 3.48. The van der Waals surface area contributed by atoms with Crippen LogP contribution >= 0.6 is 11.3 Å². The summed E-state index contributed by atoms with van der Waals surface area (Å²) in [4.78, 5) is 26.7. The summed E-state index contributed by atoms with van der Waals surface area (Å²) < 4.78 is 1.69. The molecule has 0 saturated carbocycles. The molecule has 7 heteroatoms. The largest absolute Gasteiger partial charge is 0.337 e. The number of rotatable bonds is 4. The minimum atomic E-state index is -0.179. The number of H-pyrrole nitrogens is 1. The van der Waals surface area contributed by atoms with Crippen LogP contribution in [0, 0.1) is 6.92 Å². The van der Waals surface area contributed by atoms with Gasteiger partial charge < -0.3 is 14.9 Å². The molecule has 0 unspecified atom stereocenters. The lowest BCUT2D eigenvalue weighted by molar-refractivity contribution is 0.101. The Hall–Kier alpha value is -3.71. The predicted octanol–water partition coefficient (Wildman–Crippen LogP) is 5.25. The van der Waals surface area contributed by atoms with Crippen molar-refractivity contribution in [1.82, 2.24) is 19.5 Å². The van der Waals surface area contributed by atoms with Gasteiger partial charge in [0.25, 0.3) is 5.91 Å². The summed E-state index contributed by atoms with van der Waals surface area (Å²) in [5.74, 6) is 0.706. The molecule has 0 bridgehead atoms. The van der Waals surface area contributed by atoms with Crippen LogP contribution in [0.4, 0.5) is 5.69 Å². The van der Waals surface area contributed by atoms with Crippen LogP contribution in [0.3, 0.4) is 0 Å². The van der Waals surface area contributed by atoms with E-state index >= 15 is 0 Å². The molecule has 1 amide bonds. The van der Waals surface area contributed by atoms with E-state index in [1.165, 1.54) is 0 Å². The highest BCUT2D eigenvalue weighted by atomic mass is 32.1. The topological polar surface area (TPSA) is 75.6 Å². The zero-order chi connectivity index (χ0) is 20.7. The normalized spacial score (nSPS) is 11.1. The van der Waals surface area contributed by atoms with E-state index in [0.29, 0.717) is 5.69 Å². The molecule has 0 radical (unpaired) electrons. The highest BCUT2D eigenvalue weighted by Gasteiger charge is 2.12. The van der Waals surface area contributed by atoms with E-state index in [2.05, 4.69) is 40.4 Å². The molecule has 5 aromatic rings. The highest BCUT2D eigenvalue weighted by molar-refractivity contribution is 7.18. The third kappa shape index (κ3) is 3.29. The van der Waals surface area contributed by atoms with E-state index in [0.717, 1.165) is 43.4 Å². The molecule has 2 N–H and O–H groups in total. The molecule has 2 aromatic carbocycles. The molecule has 6 nitrogen and oxygen atoms in total. The summed E-state index contributed by atoms with van der Waals surface area (Å²) in [7, 11) is 1.79. The lowest BCUT2D eigenvalue weighted by Gasteiger charge is -2.06. The number of amides is 1. The Morgan fingerprint density at radius 2 is 1.87 bits per heavy atom. The molecule has 3 heterocycles. The van der Waals surface area contributed by atoms with Crippen molar-refractivity contribution in [2.75, 3.05) is 5.32 Å². The zero-order valence-corrected chi connectivity index (χ0v) is 17.3. The molecule has 5 rings (SSSR count). The minimum absolute atomic E-state index is 0.179. The molecule has 0 aliphatic carbocycles. The Kier molecular flexibility index (Phi) is 4.44. The first-order chi connectivity index (χ1) is 14.6. The van der Waals surface area contributed by atoms with Gasteiger partial charge in [-0.15, -0.1) is 11.3 Å². The Labute approximate surface area is 177 Å². The van der Waals surface area contributed by atoms with Gasteiger partial charge in [-0.05, 0) is 48.4 Å². The number of aryl methyl sites for hydroxylation is 2. The number of anilines is 1. The van der Waals surface area contributed by atoms with E-state index < -0.39 is 0 Å². The number of aromatic amines is 1. The minimum Gasteiger partial charge on any atom is -0.337 e. The van der Waals surface area contributed by atoms with Crippen LogP contribution in [0.25, 0.3) is 32.2 Å². The van der Waals surface area contributed by atoms with Crippen molar-refractivity contribution < 1.29 is 4.79 Å². The Morgan fingerprint density at radius 3 is 2.60 bits per heavy atom. The fourth-order valence-corrected chi connectivity index (χ4v) is 4.36. The number of hydrogen-bond donors (Lipinski definition) is 2. The monoisotopic (exact) mass is 413 g/mol. The summed E-state index contributed by atoms with van der Waals surface area (Å²) in [6.45, 7) is 2.07. The first-order valence-corrected chi connectivity index (χ1v) is 10.3. The van der Waals surface area contributed by atoms with E-state index in [4.69, 9.17) is 4.98 Å². The van der Waals surface area contributed by atoms with E-state index in [9.17, 15) is 4.79 Å². The molecule has 148 valence electrons. The van der Waals surface area contributed by atoms with Crippen LogP contribution in [0.2, 0.25) is 0 Å². The molecule has 0 aliphatic heterocycles. The molecule has 0 fully saturated rings. The third-order valence-electron chi connectivity index (χ3n) is 5.03. The number of nitrogens with one attached hydrogen (secondary N) is 2. The Bertz CT molecular complexity index is 1360. The maximum absolute atomic E-state index is 12.3. The van der Waals surface area contributed by atoms with Gasteiger partial charge in [0.15, 0.2) is 0 Å². The molecule has 3 aromatic heterocycles. The maximum atomic E-state index is 12.3. The van der Waals surface area contributed by atoms with Gasteiger partial charge in [0, 0.05) is 17.6 Å². The fraction of sp³-hybridized carbons (Fsp3) is 0.0870. The lowest BCUT2D eigenvalue weighted by Crippen LogP contribution is -2.15. The van der Waals surface area contributed by atoms with Crippen LogP contribution in [-0.4, -0.2) is 25.4 Å². The summed E-state index contributed by atoms with van der Waals surface area (Å²) in [6, 6.07) is 18.2. The van der Waals surface area contributed by atoms with Crippen molar-refractivity contribution in [1.29, 1.82) is 0 Å². The van der Waals surface area contributed by atoms with Crippen molar-refractivity contribution in [3.05, 3.63) is 78.4 Å². The summed E-state index contributed by atoms with van der Waals surface area (Å²) in [5, 5.41) is 2.90. The fourth-order valence-electron chi connectivity index (χ4n) is 3.40. The SMILES string of the molecule is Cc1cccc2[nH]c(-c3ccc(-c4ccc(NC(=O)c5cncn5C)cc4)s3)nc12. The number of benzene rings is 2. The Balaban J connectivity index is 1.36. The lowest BCUT2D eigenvalue weighted by atomic mass is 10.1. The van der Waals surface area contributed by atoms with Gasteiger partial charge >= 0.3 is 0 Å². The second kappa shape index (κ2) is 7.27. The molecule has 30 heavy (non-hydrogen) atoms. The van der Waals surface area contributed by atoms with Crippen molar-refractivity contribution in [3.8, 4) is 21.1 Å². The zero-order valence-electron chi connectivity index (χ0n) is 16.5. The predicted molar refractivity (Wildman–Crippen MR) is 121 cm³/mol. The second-order valence-electron chi connectivity index (χ2n) is 7.14. The first-order valence-electron chi connectivity index (χ1n) is 9.52. The van der Waals surface area contributed by atoms with Gasteiger partial charge in [-0.25, -0.2) is 9.97 Å². The number of imidazole rings is 2. The van der Waals surface area contributed by atoms with Gasteiger partial charge in [0.2, 0.25) is 0 Å². The Morgan fingerprint density at radius 1 is 1.07 bits per heavy atom. The van der Waals surface area contributed by atoms with Crippen LogP contribution in [0.1, 0.15) is 16.1 Å². The molecule has 0 spiro atoms. The van der Waals surface area contributed by atoms with Crippen molar-refractivity contribution in [3.63, 3.8) is 0 Å². The number of hydrogen-bond acceptors (Lipinski definition) is 4. The van der Waals surface area contributed by atoms with Gasteiger partial charge in [0.05, 0.1) is 28.4 Å². The first kappa shape index (κ1) is 18.3. The maximum Gasteiger partial charge on any atom is 0.273 e. The van der Waals surface area contributed by atoms with Crippen LogP contribution in [-0.2, 0) is 7.05 Å². The number of fused-ring (bicyclic) bond motifs is 1.